The molecule has 0 aliphatic heterocycles. The zero-order valence-corrected chi connectivity index (χ0v) is 12.2. The van der Waals surface area contributed by atoms with E-state index in [0.717, 1.165) is 30.4 Å². The Bertz CT molecular complexity index is 409. The van der Waals surface area contributed by atoms with Gasteiger partial charge in [0, 0.05) is 23.7 Å². The van der Waals surface area contributed by atoms with Gasteiger partial charge in [-0.15, -0.1) is 0 Å². The van der Waals surface area contributed by atoms with Crippen LogP contribution in [-0.2, 0) is 4.74 Å². The average Bonchev–Trinajstić information content (AvgIpc) is 3.18. The first-order valence-corrected chi connectivity index (χ1v) is 7.77. The molecule has 0 amide bonds. The predicted molar refractivity (Wildman–Crippen MR) is 78.5 cm³/mol. The van der Waals surface area contributed by atoms with E-state index in [1.165, 1.54) is 18.4 Å². The summed E-state index contributed by atoms with van der Waals surface area (Å²) >= 11 is 5.97. The molecule has 0 bridgehead atoms. The van der Waals surface area contributed by atoms with E-state index in [1.807, 2.05) is 12.1 Å². The monoisotopic (exact) mass is 279 g/mol. The molecule has 2 saturated carbocycles. The Morgan fingerprint density at radius 2 is 1.95 bits per heavy atom. The van der Waals surface area contributed by atoms with Crippen molar-refractivity contribution in [1.29, 1.82) is 0 Å². The van der Waals surface area contributed by atoms with Crippen molar-refractivity contribution in [2.75, 3.05) is 6.61 Å². The van der Waals surface area contributed by atoms with E-state index in [4.69, 9.17) is 16.3 Å². The molecule has 2 aliphatic rings. The maximum Gasteiger partial charge on any atom is 0.0604 e. The van der Waals surface area contributed by atoms with Gasteiger partial charge in [-0.1, -0.05) is 23.7 Å². The molecular weight excluding hydrogens is 258 g/mol. The van der Waals surface area contributed by atoms with Crippen LogP contribution in [-0.4, -0.2) is 18.8 Å². The number of hydrogen-bond acceptors (Lipinski definition) is 2. The standard InChI is InChI=1S/C16H22ClNO/c1-2-19-15-9-14(10-15)18-16(11-3-4-11)12-5-7-13(17)8-6-12/h5-8,11,14-16,18H,2-4,9-10H2,1H3. The minimum atomic E-state index is 0.479. The molecular formula is C16H22ClNO. The van der Waals surface area contributed by atoms with Crippen LogP contribution in [0.1, 0.15) is 44.2 Å². The summed E-state index contributed by atoms with van der Waals surface area (Å²) < 4.78 is 5.63. The van der Waals surface area contributed by atoms with Gasteiger partial charge in [-0.3, -0.25) is 0 Å². The smallest absolute Gasteiger partial charge is 0.0604 e. The van der Waals surface area contributed by atoms with Crippen molar-refractivity contribution in [1.82, 2.24) is 5.32 Å². The first-order chi connectivity index (χ1) is 9.26. The number of nitrogens with one attached hydrogen (secondary N) is 1. The van der Waals surface area contributed by atoms with Gasteiger partial charge in [0.1, 0.15) is 0 Å². The van der Waals surface area contributed by atoms with Crippen LogP contribution < -0.4 is 5.32 Å². The Morgan fingerprint density at radius 3 is 2.53 bits per heavy atom. The Kier molecular flexibility index (Phi) is 4.11. The Hall–Kier alpha value is -0.570. The lowest BCUT2D eigenvalue weighted by Gasteiger charge is -2.38. The van der Waals surface area contributed by atoms with Gasteiger partial charge in [0.25, 0.3) is 0 Å². The second-order valence-electron chi connectivity index (χ2n) is 5.78. The number of ether oxygens (including phenoxy) is 1. The second kappa shape index (κ2) is 5.82. The van der Waals surface area contributed by atoms with Crippen molar-refractivity contribution in [3.05, 3.63) is 34.9 Å². The summed E-state index contributed by atoms with van der Waals surface area (Å²) in [5, 5.41) is 4.63. The molecule has 1 unspecified atom stereocenters. The SMILES string of the molecule is CCOC1CC(NC(c2ccc(Cl)cc2)C2CC2)C1. The van der Waals surface area contributed by atoms with E-state index in [0.29, 0.717) is 18.2 Å². The van der Waals surface area contributed by atoms with E-state index in [9.17, 15) is 0 Å². The lowest BCUT2D eigenvalue weighted by atomic mass is 9.87. The minimum Gasteiger partial charge on any atom is -0.378 e. The Balaban J connectivity index is 1.58. The molecule has 104 valence electrons. The Labute approximate surface area is 120 Å². The summed E-state index contributed by atoms with van der Waals surface area (Å²) in [4.78, 5) is 0. The fraction of sp³-hybridized carbons (Fsp3) is 0.625. The molecule has 0 saturated heterocycles. The number of rotatable bonds is 6. The molecule has 3 rings (SSSR count). The first kappa shape index (κ1) is 13.4. The van der Waals surface area contributed by atoms with E-state index in [-0.39, 0.29) is 0 Å². The molecule has 0 heterocycles. The summed E-state index contributed by atoms with van der Waals surface area (Å²) in [6, 6.07) is 9.45. The summed E-state index contributed by atoms with van der Waals surface area (Å²) in [5.74, 6) is 0.812. The van der Waals surface area contributed by atoms with Crippen molar-refractivity contribution in [3.63, 3.8) is 0 Å². The van der Waals surface area contributed by atoms with Crippen LogP contribution in [0.3, 0.4) is 0 Å². The van der Waals surface area contributed by atoms with Crippen molar-refractivity contribution in [2.45, 2.75) is 50.8 Å². The second-order valence-corrected chi connectivity index (χ2v) is 6.22. The van der Waals surface area contributed by atoms with Crippen LogP contribution in [0.2, 0.25) is 5.02 Å². The van der Waals surface area contributed by atoms with Crippen molar-refractivity contribution >= 4 is 11.6 Å². The van der Waals surface area contributed by atoms with Crippen LogP contribution in [0.15, 0.2) is 24.3 Å². The lowest BCUT2D eigenvalue weighted by molar-refractivity contribution is -0.0131. The number of hydrogen-bond donors (Lipinski definition) is 1. The van der Waals surface area contributed by atoms with Crippen molar-refractivity contribution < 1.29 is 4.74 Å². The summed E-state index contributed by atoms with van der Waals surface area (Å²) in [7, 11) is 0. The highest BCUT2D eigenvalue weighted by molar-refractivity contribution is 6.30. The van der Waals surface area contributed by atoms with E-state index >= 15 is 0 Å². The largest absolute Gasteiger partial charge is 0.378 e. The molecule has 3 heteroatoms. The Morgan fingerprint density at radius 1 is 1.26 bits per heavy atom. The van der Waals surface area contributed by atoms with Gasteiger partial charge >= 0.3 is 0 Å². The molecule has 0 spiro atoms. The lowest BCUT2D eigenvalue weighted by Crippen LogP contribution is -2.47. The van der Waals surface area contributed by atoms with Crippen LogP contribution in [0, 0.1) is 5.92 Å². The van der Waals surface area contributed by atoms with Crippen molar-refractivity contribution in [3.8, 4) is 0 Å². The van der Waals surface area contributed by atoms with E-state index < -0.39 is 0 Å². The fourth-order valence-electron chi connectivity index (χ4n) is 2.93. The summed E-state index contributed by atoms with van der Waals surface area (Å²) in [6.45, 7) is 2.90. The van der Waals surface area contributed by atoms with Gasteiger partial charge in [-0.05, 0) is 56.2 Å². The third-order valence-corrected chi connectivity index (χ3v) is 4.49. The van der Waals surface area contributed by atoms with Gasteiger partial charge in [0.05, 0.1) is 6.10 Å². The maximum absolute atomic E-state index is 5.97. The number of halogens is 1. The highest BCUT2D eigenvalue weighted by Crippen LogP contribution is 2.42. The average molecular weight is 280 g/mol. The zero-order chi connectivity index (χ0) is 13.2. The molecule has 0 aromatic heterocycles. The quantitative estimate of drug-likeness (QED) is 0.851. The zero-order valence-electron chi connectivity index (χ0n) is 11.4. The summed E-state index contributed by atoms with van der Waals surface area (Å²) in [6.07, 6.45) is 5.49. The van der Waals surface area contributed by atoms with Crippen LogP contribution in [0.5, 0.6) is 0 Å². The van der Waals surface area contributed by atoms with Gasteiger partial charge < -0.3 is 10.1 Å². The molecule has 1 atom stereocenters. The summed E-state index contributed by atoms with van der Waals surface area (Å²) in [5.41, 5.74) is 1.38. The maximum atomic E-state index is 5.97. The third kappa shape index (κ3) is 3.31. The third-order valence-electron chi connectivity index (χ3n) is 4.23. The molecule has 1 aromatic rings. The molecule has 1 aromatic carbocycles. The van der Waals surface area contributed by atoms with Gasteiger partial charge in [-0.2, -0.15) is 0 Å². The van der Waals surface area contributed by atoms with Gasteiger partial charge in [0.15, 0.2) is 0 Å². The molecule has 0 radical (unpaired) electrons. The van der Waals surface area contributed by atoms with Crippen molar-refractivity contribution in [2.24, 2.45) is 5.92 Å². The van der Waals surface area contributed by atoms with Gasteiger partial charge in [-0.25, -0.2) is 0 Å². The molecule has 2 nitrogen and oxygen atoms in total. The minimum absolute atomic E-state index is 0.479. The molecule has 1 N–H and O–H groups in total. The molecule has 2 fully saturated rings. The molecule has 2 aliphatic carbocycles. The first-order valence-electron chi connectivity index (χ1n) is 7.39. The van der Waals surface area contributed by atoms with E-state index in [1.54, 1.807) is 0 Å². The highest BCUT2D eigenvalue weighted by atomic mass is 35.5. The number of benzene rings is 1. The molecule has 19 heavy (non-hydrogen) atoms. The predicted octanol–water partition coefficient (Wildman–Crippen LogP) is 3.95. The fourth-order valence-corrected chi connectivity index (χ4v) is 3.06. The topological polar surface area (TPSA) is 21.3 Å². The normalized spacial score (nSPS) is 27.9. The van der Waals surface area contributed by atoms with E-state index in [2.05, 4.69) is 24.4 Å². The van der Waals surface area contributed by atoms with Gasteiger partial charge in [0.2, 0.25) is 0 Å². The van der Waals surface area contributed by atoms with Crippen LogP contribution in [0.4, 0.5) is 0 Å². The van der Waals surface area contributed by atoms with Crippen LogP contribution >= 0.6 is 11.6 Å². The van der Waals surface area contributed by atoms with Crippen LogP contribution in [0.25, 0.3) is 0 Å². The highest BCUT2D eigenvalue weighted by Gasteiger charge is 2.37.